The number of nitrogens with one attached hydrogen (secondary N) is 1. The van der Waals surface area contributed by atoms with Gasteiger partial charge in [-0.2, -0.15) is 4.73 Å². The van der Waals surface area contributed by atoms with Crippen molar-refractivity contribution in [1.29, 1.82) is 0 Å². The fourth-order valence-corrected chi connectivity index (χ4v) is 2.31. The predicted octanol–water partition coefficient (Wildman–Crippen LogP) is -2.06. The highest BCUT2D eigenvalue weighted by molar-refractivity contribution is 7.71. The van der Waals surface area contributed by atoms with Crippen LogP contribution in [0.1, 0.15) is 0 Å². The van der Waals surface area contributed by atoms with Crippen LogP contribution in [0.15, 0.2) is 6.33 Å². The summed E-state index contributed by atoms with van der Waals surface area (Å²) in [6.07, 6.45) is -3.37. The van der Waals surface area contributed by atoms with E-state index >= 15 is 0 Å². The Balaban J connectivity index is 1.91. The molecule has 2 aromatic heterocycles. The normalized spacial score (nSPS) is 29.1. The van der Waals surface area contributed by atoms with Gasteiger partial charge in [0.2, 0.25) is 5.95 Å². The van der Waals surface area contributed by atoms with Gasteiger partial charge in [0, 0.05) is 0 Å². The van der Waals surface area contributed by atoms with Gasteiger partial charge < -0.3 is 35.6 Å². The average molecular weight is 315 g/mol. The minimum atomic E-state index is -1.32. The van der Waals surface area contributed by atoms with E-state index in [9.17, 15) is 10.2 Å². The molecule has 0 aliphatic carbocycles. The molecule has 114 valence electrons. The number of aromatic amines is 1. The number of aliphatic hydroxyl groups is 3. The van der Waals surface area contributed by atoms with E-state index in [1.807, 2.05) is 0 Å². The van der Waals surface area contributed by atoms with Gasteiger partial charge in [-0.1, -0.05) is 12.2 Å². The lowest BCUT2D eigenvalue weighted by atomic mass is 10.1. The van der Waals surface area contributed by atoms with Gasteiger partial charge in [0.25, 0.3) is 6.29 Å². The van der Waals surface area contributed by atoms with E-state index in [1.165, 1.54) is 11.1 Å². The maximum Gasteiger partial charge on any atom is 0.254 e. The van der Waals surface area contributed by atoms with Gasteiger partial charge in [-0.15, -0.1) is 0 Å². The monoisotopic (exact) mass is 315 g/mol. The second kappa shape index (κ2) is 5.20. The Morgan fingerprint density at radius 2 is 2.24 bits per heavy atom. The molecular weight excluding hydrogens is 302 g/mol. The summed E-state index contributed by atoms with van der Waals surface area (Å²) in [6.45, 7) is -0.442. The van der Waals surface area contributed by atoms with Crippen molar-refractivity contribution in [3.63, 3.8) is 0 Å². The smallest absolute Gasteiger partial charge is 0.254 e. The van der Waals surface area contributed by atoms with Crippen molar-refractivity contribution < 1.29 is 24.9 Å². The van der Waals surface area contributed by atoms with Gasteiger partial charge in [-0.25, -0.2) is 9.97 Å². The molecule has 3 heterocycles. The molecule has 21 heavy (non-hydrogen) atoms. The Morgan fingerprint density at radius 3 is 2.90 bits per heavy atom. The summed E-state index contributed by atoms with van der Waals surface area (Å²) in [6, 6.07) is 0. The van der Waals surface area contributed by atoms with Crippen LogP contribution < -0.4 is 10.6 Å². The van der Waals surface area contributed by atoms with Crippen LogP contribution in [0.25, 0.3) is 11.2 Å². The maximum atomic E-state index is 9.83. The zero-order valence-corrected chi connectivity index (χ0v) is 11.4. The molecule has 10 nitrogen and oxygen atoms in total. The molecule has 0 radical (unpaired) electrons. The highest BCUT2D eigenvalue weighted by atomic mass is 32.1. The Hall–Kier alpha value is -1.79. The number of ether oxygens (including phenoxy) is 1. The van der Waals surface area contributed by atoms with Crippen molar-refractivity contribution in [2.75, 3.05) is 12.3 Å². The molecule has 2 aromatic rings. The van der Waals surface area contributed by atoms with Crippen molar-refractivity contribution in [1.82, 2.24) is 19.7 Å². The summed E-state index contributed by atoms with van der Waals surface area (Å²) in [7, 11) is 0. The number of rotatable bonds is 3. The molecule has 0 saturated carbocycles. The molecule has 1 fully saturated rings. The first-order valence-corrected chi connectivity index (χ1v) is 6.44. The summed E-state index contributed by atoms with van der Waals surface area (Å²) < 4.78 is 6.58. The number of hydrogen-bond donors (Lipinski definition) is 5. The first-order chi connectivity index (χ1) is 10.0. The molecule has 1 unspecified atom stereocenters. The summed E-state index contributed by atoms with van der Waals surface area (Å²) in [5.41, 5.74) is 6.27. The second-order valence-corrected chi connectivity index (χ2v) is 4.89. The van der Waals surface area contributed by atoms with E-state index in [-0.39, 0.29) is 10.6 Å². The number of aliphatic hydroxyl groups excluding tert-OH is 3. The summed E-state index contributed by atoms with van der Waals surface area (Å²) in [5.74, 6) is 0.0824. The third-order valence-electron chi connectivity index (χ3n) is 3.12. The predicted molar refractivity (Wildman–Crippen MR) is 71.5 cm³/mol. The molecule has 6 N–H and O–H groups in total. The molecule has 1 saturated heterocycles. The molecule has 0 spiro atoms. The maximum absolute atomic E-state index is 9.83. The summed E-state index contributed by atoms with van der Waals surface area (Å²) in [4.78, 5) is 16.0. The van der Waals surface area contributed by atoms with Crippen molar-refractivity contribution in [2.24, 2.45) is 0 Å². The van der Waals surface area contributed by atoms with Crippen LogP contribution >= 0.6 is 12.2 Å². The zero-order valence-electron chi connectivity index (χ0n) is 10.6. The van der Waals surface area contributed by atoms with Gasteiger partial charge in [0.15, 0.2) is 10.3 Å². The first kappa shape index (κ1) is 14.2. The Bertz CT molecular complexity index is 717. The standard InChI is InChI=1S/C10H13N5O5S/c11-10-13-7-4(8(21)14-10)12-2-15(7)20-9-6(18)5(17)3(1-16)19-9/h2-3,5-6,9,16-18H,1H2,(H3,11,13,14,21)/t3-,5-,6-,9?/m1/s1. The van der Waals surface area contributed by atoms with E-state index < -0.39 is 31.2 Å². The van der Waals surface area contributed by atoms with Crippen molar-refractivity contribution in [2.45, 2.75) is 24.6 Å². The highest BCUT2D eigenvalue weighted by Gasteiger charge is 2.44. The molecule has 11 heteroatoms. The number of H-pyrrole nitrogens is 1. The molecule has 0 aromatic carbocycles. The minimum absolute atomic E-state index is 0.0824. The molecular formula is C10H13N5O5S. The number of anilines is 1. The van der Waals surface area contributed by atoms with E-state index in [1.54, 1.807) is 0 Å². The lowest BCUT2D eigenvalue weighted by Gasteiger charge is -2.16. The van der Waals surface area contributed by atoms with E-state index in [4.69, 9.17) is 32.6 Å². The van der Waals surface area contributed by atoms with Crippen LogP contribution in [0.3, 0.4) is 0 Å². The van der Waals surface area contributed by atoms with Crippen LogP contribution in [0.5, 0.6) is 0 Å². The Labute approximate surface area is 122 Å². The van der Waals surface area contributed by atoms with Crippen LogP contribution in [-0.2, 0) is 4.74 Å². The number of imidazole rings is 1. The number of nitrogen functional groups attached to an aromatic ring is 1. The second-order valence-electron chi connectivity index (χ2n) is 4.51. The van der Waals surface area contributed by atoms with Crippen molar-refractivity contribution in [3.8, 4) is 0 Å². The number of nitrogens with two attached hydrogens (primary N) is 1. The van der Waals surface area contributed by atoms with Crippen LogP contribution in [0.4, 0.5) is 5.95 Å². The Kier molecular flexibility index (Phi) is 3.51. The van der Waals surface area contributed by atoms with Gasteiger partial charge in [-0.05, 0) is 0 Å². The molecule has 0 bridgehead atoms. The Morgan fingerprint density at radius 1 is 1.48 bits per heavy atom. The fraction of sp³-hybridized carbons (Fsp3) is 0.500. The zero-order chi connectivity index (χ0) is 15.1. The van der Waals surface area contributed by atoms with Gasteiger partial charge in [0.1, 0.15) is 30.2 Å². The van der Waals surface area contributed by atoms with Crippen LogP contribution in [0, 0.1) is 4.64 Å². The fourth-order valence-electron chi connectivity index (χ4n) is 2.06. The third-order valence-corrected chi connectivity index (χ3v) is 3.41. The largest absolute Gasteiger partial charge is 0.394 e. The van der Waals surface area contributed by atoms with Gasteiger partial charge >= 0.3 is 0 Å². The lowest BCUT2D eigenvalue weighted by Crippen LogP contribution is -2.38. The molecule has 4 atom stereocenters. The minimum Gasteiger partial charge on any atom is -0.394 e. The van der Waals surface area contributed by atoms with Gasteiger partial charge in [-0.3, -0.25) is 0 Å². The molecule has 1 aliphatic rings. The summed E-state index contributed by atoms with van der Waals surface area (Å²) >= 11 is 5.02. The van der Waals surface area contributed by atoms with Gasteiger partial charge in [0.05, 0.1) is 6.61 Å². The molecule has 0 amide bonds. The van der Waals surface area contributed by atoms with Crippen molar-refractivity contribution >= 4 is 29.3 Å². The van der Waals surface area contributed by atoms with E-state index in [2.05, 4.69) is 15.0 Å². The summed E-state index contributed by atoms with van der Waals surface area (Å²) in [5, 5.41) is 28.5. The van der Waals surface area contributed by atoms with E-state index in [0.29, 0.717) is 11.2 Å². The topological polar surface area (TPSA) is 152 Å². The average Bonchev–Trinajstić information content (AvgIpc) is 2.96. The molecule has 1 aliphatic heterocycles. The van der Waals surface area contributed by atoms with Crippen molar-refractivity contribution in [3.05, 3.63) is 11.0 Å². The molecule has 3 rings (SSSR count). The first-order valence-electron chi connectivity index (χ1n) is 6.03. The number of nitrogens with zero attached hydrogens (tertiary/aromatic N) is 3. The third kappa shape index (κ3) is 2.34. The number of hydrogen-bond acceptors (Lipinski definition) is 9. The SMILES string of the molecule is Nc1nc(=S)c2ncn(OC3O[C@H](CO)[C@@H](O)[C@H]3O)c2[nH]1. The van der Waals surface area contributed by atoms with E-state index in [0.717, 1.165) is 0 Å². The lowest BCUT2D eigenvalue weighted by molar-refractivity contribution is -0.169. The quantitative estimate of drug-likeness (QED) is 0.402. The van der Waals surface area contributed by atoms with Crippen LogP contribution in [0.2, 0.25) is 0 Å². The highest BCUT2D eigenvalue weighted by Crippen LogP contribution is 2.21. The van der Waals surface area contributed by atoms with Crippen LogP contribution in [-0.4, -0.2) is 66.2 Å². The number of fused-ring (bicyclic) bond motifs is 1. The number of aromatic nitrogens is 4.